The molecule has 0 spiro atoms. The van der Waals surface area contributed by atoms with Crippen LogP contribution in [0.15, 0.2) is 60.8 Å². The van der Waals surface area contributed by atoms with Crippen LogP contribution in [0, 0.1) is 0 Å². The molecule has 148 valence electrons. The molecule has 1 fully saturated rings. The largest absolute Gasteiger partial charge is 0.454 e. The summed E-state index contributed by atoms with van der Waals surface area (Å²) < 4.78 is 10.8. The number of aliphatic hydroxyl groups is 1. The van der Waals surface area contributed by atoms with Gasteiger partial charge in [0.2, 0.25) is 6.79 Å². The molecule has 1 aromatic heterocycles. The molecule has 5 heteroatoms. The number of aromatic nitrogens is 1. The summed E-state index contributed by atoms with van der Waals surface area (Å²) in [5.41, 5.74) is 4.27. The third-order valence-electron chi connectivity index (χ3n) is 5.85. The standard InChI is InChI=1S/C24H21NO4.H2/c26-14-16-1-3-17(4-2-16)18-5-7-20(25-13-18)12-23(27)24(9-10-24)19-6-8-21-22(11-19)29-15-28-21;/h1-8,11,13,26H,9-10,12,14-15H2;1H. The number of carbonyl (C=O) groups excluding carboxylic acids is 1. The van der Waals surface area contributed by atoms with Crippen LogP contribution in [-0.4, -0.2) is 22.7 Å². The van der Waals surface area contributed by atoms with Crippen LogP contribution in [0.3, 0.4) is 0 Å². The molecule has 5 rings (SSSR count). The number of Topliss-reactive ketones (excluding diaryl/α,β-unsaturated/α-hetero) is 1. The van der Waals surface area contributed by atoms with Crippen molar-refractivity contribution in [1.29, 1.82) is 0 Å². The van der Waals surface area contributed by atoms with Crippen molar-refractivity contribution < 1.29 is 20.8 Å². The molecule has 3 aromatic rings. The highest BCUT2D eigenvalue weighted by Gasteiger charge is 2.50. The Hall–Kier alpha value is -3.18. The minimum Gasteiger partial charge on any atom is -0.454 e. The van der Waals surface area contributed by atoms with Crippen LogP contribution in [0.25, 0.3) is 11.1 Å². The molecule has 2 aromatic carbocycles. The summed E-state index contributed by atoms with van der Waals surface area (Å²) in [6, 6.07) is 17.4. The van der Waals surface area contributed by atoms with Gasteiger partial charge >= 0.3 is 0 Å². The van der Waals surface area contributed by atoms with Crippen LogP contribution in [-0.2, 0) is 23.2 Å². The zero-order chi connectivity index (χ0) is 19.8. The zero-order valence-electron chi connectivity index (χ0n) is 15.9. The molecule has 2 aliphatic rings. The maximum atomic E-state index is 13.1. The number of nitrogens with zero attached hydrogens (tertiary/aromatic N) is 1. The molecule has 0 bridgehead atoms. The third-order valence-corrected chi connectivity index (χ3v) is 5.85. The number of fused-ring (bicyclic) bond motifs is 1. The number of aliphatic hydroxyl groups excluding tert-OH is 1. The molecular formula is C24H23NO4. The summed E-state index contributed by atoms with van der Waals surface area (Å²) >= 11 is 0. The number of ether oxygens (including phenoxy) is 2. The van der Waals surface area contributed by atoms with Gasteiger partial charge in [-0.15, -0.1) is 0 Å². The predicted molar refractivity (Wildman–Crippen MR) is 110 cm³/mol. The van der Waals surface area contributed by atoms with Gasteiger partial charge in [-0.2, -0.15) is 0 Å². The fraction of sp³-hybridized carbons (Fsp3) is 0.250. The zero-order valence-corrected chi connectivity index (χ0v) is 15.9. The Kier molecular flexibility index (Phi) is 4.32. The molecular weight excluding hydrogens is 366 g/mol. The van der Waals surface area contributed by atoms with Crippen molar-refractivity contribution >= 4 is 5.78 Å². The molecule has 5 nitrogen and oxygen atoms in total. The van der Waals surface area contributed by atoms with Gasteiger partial charge in [0.1, 0.15) is 5.78 Å². The fourth-order valence-electron chi connectivity index (χ4n) is 3.88. The Morgan fingerprint density at radius 2 is 1.76 bits per heavy atom. The van der Waals surface area contributed by atoms with Gasteiger partial charge < -0.3 is 14.6 Å². The van der Waals surface area contributed by atoms with Crippen LogP contribution in [0.4, 0.5) is 0 Å². The molecule has 0 saturated heterocycles. The van der Waals surface area contributed by atoms with Crippen LogP contribution in [0.2, 0.25) is 0 Å². The predicted octanol–water partition coefficient (Wildman–Crippen LogP) is 4.06. The SMILES string of the molecule is O=C(Cc1ccc(-c2ccc(CO)cc2)cn1)C1(c2ccc3c(c2)OCO3)CC1.[HH]. The summed E-state index contributed by atoms with van der Waals surface area (Å²) in [7, 11) is 0. The van der Waals surface area contributed by atoms with Crippen LogP contribution >= 0.6 is 0 Å². The molecule has 0 unspecified atom stereocenters. The van der Waals surface area contributed by atoms with Gasteiger partial charge in [0.05, 0.1) is 12.0 Å². The normalized spacial score (nSPS) is 15.9. The van der Waals surface area contributed by atoms with E-state index in [4.69, 9.17) is 14.6 Å². The van der Waals surface area contributed by atoms with E-state index < -0.39 is 5.41 Å². The number of pyridine rings is 1. The molecule has 1 aliphatic heterocycles. The van der Waals surface area contributed by atoms with Gasteiger partial charge in [-0.25, -0.2) is 0 Å². The van der Waals surface area contributed by atoms with Crippen molar-refractivity contribution in [2.75, 3.05) is 6.79 Å². The van der Waals surface area contributed by atoms with E-state index in [1.54, 1.807) is 6.20 Å². The second kappa shape index (κ2) is 7.01. The van der Waals surface area contributed by atoms with E-state index in [0.29, 0.717) is 6.42 Å². The van der Waals surface area contributed by atoms with Crippen molar-refractivity contribution in [2.24, 2.45) is 0 Å². The lowest BCUT2D eigenvalue weighted by atomic mass is 9.88. The first kappa shape index (κ1) is 17.9. The maximum Gasteiger partial charge on any atom is 0.231 e. The Balaban J connectivity index is 0.00000218. The molecule has 2 heterocycles. The molecule has 1 N–H and O–H groups in total. The Morgan fingerprint density at radius 1 is 1.00 bits per heavy atom. The first-order chi connectivity index (χ1) is 14.2. The van der Waals surface area contributed by atoms with Gasteiger partial charge in [-0.1, -0.05) is 36.4 Å². The highest BCUT2D eigenvalue weighted by atomic mass is 16.7. The first-order valence-corrected chi connectivity index (χ1v) is 9.76. The van der Waals surface area contributed by atoms with E-state index in [1.807, 2.05) is 54.6 Å². The number of rotatable bonds is 6. The van der Waals surface area contributed by atoms with Crippen molar-refractivity contribution in [3.8, 4) is 22.6 Å². The topological polar surface area (TPSA) is 68.7 Å². The van der Waals surface area contributed by atoms with Crippen LogP contribution in [0.5, 0.6) is 11.5 Å². The lowest BCUT2D eigenvalue weighted by molar-refractivity contribution is -0.120. The van der Waals surface area contributed by atoms with Crippen molar-refractivity contribution in [3.63, 3.8) is 0 Å². The van der Waals surface area contributed by atoms with Crippen molar-refractivity contribution in [3.05, 3.63) is 77.6 Å². The first-order valence-electron chi connectivity index (χ1n) is 9.76. The summed E-state index contributed by atoms with van der Waals surface area (Å²) in [5.74, 6) is 1.65. The van der Waals surface area contributed by atoms with Gasteiger partial charge in [-0.05, 0) is 47.7 Å². The Labute approximate surface area is 170 Å². The summed E-state index contributed by atoms with van der Waals surface area (Å²) in [6.45, 7) is 0.267. The van der Waals surface area contributed by atoms with Gasteiger partial charge in [0.15, 0.2) is 11.5 Å². The smallest absolute Gasteiger partial charge is 0.231 e. The lowest BCUT2D eigenvalue weighted by Gasteiger charge is -2.15. The molecule has 0 atom stereocenters. The van der Waals surface area contributed by atoms with Crippen LogP contribution < -0.4 is 9.47 Å². The minimum absolute atomic E-state index is 0. The summed E-state index contributed by atoms with van der Waals surface area (Å²) in [6.07, 6.45) is 3.84. The fourth-order valence-corrected chi connectivity index (χ4v) is 3.88. The summed E-state index contributed by atoms with van der Waals surface area (Å²) in [4.78, 5) is 17.6. The van der Waals surface area contributed by atoms with E-state index in [-0.39, 0.29) is 20.6 Å². The van der Waals surface area contributed by atoms with E-state index in [0.717, 1.165) is 52.3 Å². The quantitative estimate of drug-likeness (QED) is 0.689. The maximum absolute atomic E-state index is 13.1. The highest BCUT2D eigenvalue weighted by Crippen LogP contribution is 2.51. The Morgan fingerprint density at radius 3 is 2.45 bits per heavy atom. The van der Waals surface area contributed by atoms with E-state index >= 15 is 0 Å². The number of hydrogen-bond acceptors (Lipinski definition) is 5. The number of benzene rings is 2. The van der Waals surface area contributed by atoms with Crippen LogP contribution in [0.1, 0.15) is 31.1 Å². The second-order valence-electron chi connectivity index (χ2n) is 7.64. The van der Waals surface area contributed by atoms with E-state index in [1.165, 1.54) is 0 Å². The van der Waals surface area contributed by atoms with E-state index in [9.17, 15) is 4.79 Å². The van der Waals surface area contributed by atoms with Gasteiger partial charge in [0, 0.05) is 25.3 Å². The minimum atomic E-state index is -0.415. The van der Waals surface area contributed by atoms with Crippen molar-refractivity contribution in [1.82, 2.24) is 4.98 Å². The summed E-state index contributed by atoms with van der Waals surface area (Å²) in [5, 5.41) is 9.16. The van der Waals surface area contributed by atoms with Gasteiger partial charge in [0.25, 0.3) is 0 Å². The third kappa shape index (κ3) is 3.28. The molecule has 0 radical (unpaired) electrons. The highest BCUT2D eigenvalue weighted by molar-refractivity contribution is 5.94. The van der Waals surface area contributed by atoms with Crippen molar-refractivity contribution in [2.45, 2.75) is 31.3 Å². The molecule has 0 amide bonds. The average Bonchev–Trinajstić information content (AvgIpc) is 3.45. The second-order valence-corrected chi connectivity index (χ2v) is 7.64. The van der Waals surface area contributed by atoms with Gasteiger partial charge in [-0.3, -0.25) is 9.78 Å². The van der Waals surface area contributed by atoms with E-state index in [2.05, 4.69) is 4.98 Å². The molecule has 1 saturated carbocycles. The number of hydrogen-bond donors (Lipinski definition) is 1. The monoisotopic (exact) mass is 389 g/mol. The number of ketones is 1. The number of carbonyl (C=O) groups is 1. The Bertz CT molecular complexity index is 1060. The molecule has 1 aliphatic carbocycles. The average molecular weight is 389 g/mol. The molecule has 29 heavy (non-hydrogen) atoms. The lowest BCUT2D eigenvalue weighted by Crippen LogP contribution is -2.22.